The number of H-pyrrole nitrogens is 1. The van der Waals surface area contributed by atoms with Gasteiger partial charge in [-0.25, -0.2) is 4.99 Å². The molecular weight excluding hydrogens is 289 g/mol. The number of hydrogen-bond donors (Lipinski definition) is 1. The molecule has 0 radical (unpaired) electrons. The summed E-state index contributed by atoms with van der Waals surface area (Å²) in [5, 5.41) is 0. The van der Waals surface area contributed by atoms with Crippen LogP contribution in [0.4, 0.5) is 8.63 Å². The summed E-state index contributed by atoms with van der Waals surface area (Å²) in [4.78, 5) is 7.29. The van der Waals surface area contributed by atoms with Gasteiger partial charge < -0.3 is 22.9 Å². The average Bonchev–Trinajstić information content (AvgIpc) is 2.92. The van der Waals surface area contributed by atoms with Gasteiger partial charge in [0.15, 0.2) is 0 Å². The number of allylic oxidation sites excluding steroid dienone is 3. The lowest BCUT2D eigenvalue weighted by atomic mass is 10.1. The number of aromatic amines is 1. The second kappa shape index (κ2) is 4.86. The van der Waals surface area contributed by atoms with Crippen LogP contribution < -0.4 is 0 Å². The summed E-state index contributed by atoms with van der Waals surface area (Å²) in [5.41, 5.74) is 4.47. The van der Waals surface area contributed by atoms with Crippen molar-refractivity contribution in [2.45, 2.75) is 27.7 Å². The quantitative estimate of drug-likeness (QED) is 0.796. The summed E-state index contributed by atoms with van der Waals surface area (Å²) in [6.45, 7) is 7.47. The molecule has 0 saturated carbocycles. The van der Waals surface area contributed by atoms with Gasteiger partial charge in [0.1, 0.15) is 17.2 Å². The highest BCUT2D eigenvalue weighted by Gasteiger charge is 2.39. The molecule has 0 bridgehead atoms. The second-order valence-electron chi connectivity index (χ2n) is 5.54. The average molecular weight is 305 g/mol. The molecule has 22 heavy (non-hydrogen) atoms. The van der Waals surface area contributed by atoms with Crippen LogP contribution in [0.25, 0.3) is 5.76 Å². The van der Waals surface area contributed by atoms with E-state index in [1.165, 1.54) is 6.08 Å². The van der Waals surface area contributed by atoms with Crippen LogP contribution in [0.3, 0.4) is 0 Å². The Morgan fingerprint density at radius 2 is 1.82 bits per heavy atom. The molecule has 2 aliphatic rings. The SMILES string of the molecule is CC1=C/C(=C2\C=C(c3cc(C)c(C)[nH]3)O[B-](F)(F)O2)N=C1C. The van der Waals surface area contributed by atoms with Crippen molar-refractivity contribution in [2.24, 2.45) is 4.99 Å². The van der Waals surface area contributed by atoms with Crippen LogP contribution in [0.1, 0.15) is 30.8 Å². The fourth-order valence-electron chi connectivity index (χ4n) is 2.31. The maximum absolute atomic E-state index is 13.8. The summed E-state index contributed by atoms with van der Waals surface area (Å²) < 4.78 is 37.0. The van der Waals surface area contributed by atoms with Gasteiger partial charge in [0.05, 0.1) is 5.69 Å². The summed E-state index contributed by atoms with van der Waals surface area (Å²) in [7, 11) is -4.42. The van der Waals surface area contributed by atoms with Crippen molar-refractivity contribution in [3.8, 4) is 0 Å². The Hall–Kier alpha value is -2.31. The first-order valence-electron chi connectivity index (χ1n) is 7.00. The monoisotopic (exact) mass is 305 g/mol. The Kier molecular flexibility index (Phi) is 3.23. The Morgan fingerprint density at radius 1 is 1.09 bits per heavy atom. The molecule has 1 N–H and O–H groups in total. The van der Waals surface area contributed by atoms with Crippen molar-refractivity contribution >= 4 is 18.6 Å². The van der Waals surface area contributed by atoms with Crippen molar-refractivity contribution < 1.29 is 17.9 Å². The van der Waals surface area contributed by atoms with Gasteiger partial charge in [-0.3, -0.25) is 0 Å². The third kappa shape index (κ3) is 2.58. The van der Waals surface area contributed by atoms with Crippen LogP contribution in [0.5, 0.6) is 0 Å². The summed E-state index contributed by atoms with van der Waals surface area (Å²) >= 11 is 0. The number of aliphatic imine (C=N–C) groups is 1. The van der Waals surface area contributed by atoms with E-state index in [1.54, 1.807) is 12.1 Å². The molecule has 0 aliphatic carbocycles. The van der Waals surface area contributed by atoms with E-state index < -0.39 is 7.11 Å². The number of rotatable bonds is 1. The lowest BCUT2D eigenvalue weighted by molar-refractivity contribution is 0.171. The number of hydrogen-bond acceptors (Lipinski definition) is 3. The third-order valence-electron chi connectivity index (χ3n) is 3.80. The van der Waals surface area contributed by atoms with Gasteiger partial charge in [-0.1, -0.05) is 0 Å². The molecule has 3 heterocycles. The van der Waals surface area contributed by atoms with Crippen molar-refractivity contribution in [3.05, 3.63) is 52.2 Å². The lowest BCUT2D eigenvalue weighted by Crippen LogP contribution is -2.34. The normalized spacial score (nSPS) is 23.5. The van der Waals surface area contributed by atoms with E-state index in [2.05, 4.69) is 14.6 Å². The Labute approximate surface area is 127 Å². The molecule has 1 aromatic rings. The zero-order valence-corrected chi connectivity index (χ0v) is 12.8. The molecular formula is C15H16BF2N2O2-. The first kappa shape index (κ1) is 14.6. The van der Waals surface area contributed by atoms with Gasteiger partial charge >= 0.3 is 7.11 Å². The topological polar surface area (TPSA) is 46.6 Å². The van der Waals surface area contributed by atoms with Crippen molar-refractivity contribution in [1.82, 2.24) is 4.98 Å². The highest BCUT2D eigenvalue weighted by atomic mass is 19.3. The molecule has 0 amide bonds. The van der Waals surface area contributed by atoms with Crippen LogP contribution >= 0.6 is 0 Å². The number of aryl methyl sites for hydroxylation is 2. The smallest absolute Gasteiger partial charge is 0.626 e. The highest BCUT2D eigenvalue weighted by Crippen LogP contribution is 2.35. The van der Waals surface area contributed by atoms with Gasteiger partial charge in [-0.2, -0.15) is 0 Å². The minimum absolute atomic E-state index is 0.0207. The van der Waals surface area contributed by atoms with Crippen LogP contribution in [-0.2, 0) is 9.31 Å². The molecule has 116 valence electrons. The van der Waals surface area contributed by atoms with Crippen LogP contribution in [0.15, 0.2) is 40.2 Å². The zero-order valence-electron chi connectivity index (χ0n) is 12.8. The first-order chi connectivity index (χ1) is 10.2. The van der Waals surface area contributed by atoms with Crippen molar-refractivity contribution in [3.63, 3.8) is 0 Å². The standard InChI is InChI=1S/C15H16BF2N2O2/c1-8-5-12(19-10(8)3)14-7-15(22-16(17,18)21-14)13-6-9(2)11(4)20-13/h5-7,19H,1-4H3/q-1/b15-13-. The minimum atomic E-state index is -4.42. The highest BCUT2D eigenvalue weighted by molar-refractivity contribution is 6.53. The van der Waals surface area contributed by atoms with Gasteiger partial charge in [0, 0.05) is 17.5 Å². The van der Waals surface area contributed by atoms with E-state index in [1.807, 2.05) is 27.7 Å². The van der Waals surface area contributed by atoms with Gasteiger partial charge in [0.2, 0.25) is 0 Å². The Bertz CT molecular complexity index is 733. The molecule has 2 aliphatic heterocycles. The zero-order chi connectivity index (χ0) is 16.1. The fourth-order valence-corrected chi connectivity index (χ4v) is 2.31. The molecule has 0 spiro atoms. The maximum atomic E-state index is 13.8. The van der Waals surface area contributed by atoms with Gasteiger partial charge in [-0.05, 0) is 51.0 Å². The molecule has 7 heteroatoms. The summed E-state index contributed by atoms with van der Waals surface area (Å²) in [6, 6.07) is 1.77. The van der Waals surface area contributed by atoms with E-state index in [9.17, 15) is 8.63 Å². The van der Waals surface area contributed by atoms with Crippen LogP contribution in [0.2, 0.25) is 0 Å². The largest absolute Gasteiger partial charge is 0.726 e. The van der Waals surface area contributed by atoms with Crippen LogP contribution in [0, 0.1) is 13.8 Å². The van der Waals surface area contributed by atoms with E-state index in [-0.39, 0.29) is 11.5 Å². The number of halogens is 2. The fraction of sp³-hybridized carbons (Fsp3) is 0.267. The minimum Gasteiger partial charge on any atom is -0.626 e. The molecule has 3 rings (SSSR count). The molecule has 0 fully saturated rings. The number of aromatic nitrogens is 1. The molecule has 4 nitrogen and oxygen atoms in total. The lowest BCUT2D eigenvalue weighted by Gasteiger charge is -2.34. The van der Waals surface area contributed by atoms with E-state index in [4.69, 9.17) is 4.65 Å². The second-order valence-corrected chi connectivity index (χ2v) is 5.54. The summed E-state index contributed by atoms with van der Waals surface area (Å²) in [5.74, 6) is 0.0770. The number of nitrogens with one attached hydrogen (secondary N) is 1. The molecule has 0 atom stereocenters. The molecule has 1 aromatic heterocycles. The molecule has 0 saturated heterocycles. The molecule has 0 unspecified atom stereocenters. The van der Waals surface area contributed by atoms with Crippen LogP contribution in [-0.4, -0.2) is 17.8 Å². The number of nitrogens with zero attached hydrogens (tertiary/aromatic N) is 1. The predicted octanol–water partition coefficient (Wildman–Crippen LogP) is 4.03. The van der Waals surface area contributed by atoms with Crippen molar-refractivity contribution in [1.29, 1.82) is 0 Å². The maximum Gasteiger partial charge on any atom is 0.726 e. The van der Waals surface area contributed by atoms with Crippen molar-refractivity contribution in [2.75, 3.05) is 0 Å². The first-order valence-corrected chi connectivity index (χ1v) is 7.00. The Morgan fingerprint density at radius 3 is 2.36 bits per heavy atom. The van der Waals surface area contributed by atoms with Gasteiger partial charge in [0.25, 0.3) is 0 Å². The molecule has 0 aromatic carbocycles. The van der Waals surface area contributed by atoms with Gasteiger partial charge in [-0.15, -0.1) is 0 Å². The Balaban J connectivity index is 2.09. The predicted molar refractivity (Wildman–Crippen MR) is 82.3 cm³/mol. The third-order valence-corrected chi connectivity index (χ3v) is 3.80. The summed E-state index contributed by atoms with van der Waals surface area (Å²) in [6.07, 6.45) is 3.17. The van der Waals surface area contributed by atoms with E-state index in [0.717, 1.165) is 22.5 Å². The van der Waals surface area contributed by atoms with E-state index in [0.29, 0.717) is 11.4 Å². The van der Waals surface area contributed by atoms with E-state index >= 15 is 0 Å².